The molecule has 5 nitrogen and oxygen atoms in total. The van der Waals surface area contributed by atoms with E-state index in [0.29, 0.717) is 18.2 Å². The molecule has 1 aromatic heterocycles. The van der Waals surface area contributed by atoms with Gasteiger partial charge in [-0.25, -0.2) is 5.06 Å². The third-order valence-corrected chi connectivity index (χ3v) is 2.16. The molecule has 0 spiro atoms. The van der Waals surface area contributed by atoms with Crippen molar-refractivity contribution in [3.05, 3.63) is 12.1 Å². The Balaban J connectivity index is 2.21. The van der Waals surface area contributed by atoms with Crippen LogP contribution in [-0.4, -0.2) is 24.7 Å². The fourth-order valence-electron chi connectivity index (χ4n) is 1.46. The molecule has 1 fully saturated rings. The van der Waals surface area contributed by atoms with E-state index in [0.717, 1.165) is 25.4 Å². The van der Waals surface area contributed by atoms with Crippen molar-refractivity contribution >= 4 is 11.5 Å². The number of hydrogen-bond donors (Lipinski definition) is 1. The normalized spacial score (nSPS) is 15.7. The maximum absolute atomic E-state index is 5.73. The average molecular weight is 209 g/mol. The van der Waals surface area contributed by atoms with E-state index in [1.807, 2.05) is 13.0 Å². The summed E-state index contributed by atoms with van der Waals surface area (Å²) in [4.78, 5) is 9.68. The maximum atomic E-state index is 5.73. The molecule has 0 amide bonds. The van der Waals surface area contributed by atoms with Crippen LogP contribution < -0.4 is 15.5 Å². The zero-order valence-corrected chi connectivity index (χ0v) is 8.77. The molecule has 0 atom stereocenters. The number of rotatable bonds is 3. The second-order valence-corrected chi connectivity index (χ2v) is 3.29. The average Bonchev–Trinajstić information content (AvgIpc) is 2.75. The van der Waals surface area contributed by atoms with Crippen LogP contribution in [0.1, 0.15) is 13.3 Å². The first-order valence-electron chi connectivity index (χ1n) is 5.11. The van der Waals surface area contributed by atoms with Crippen molar-refractivity contribution in [2.45, 2.75) is 13.3 Å². The van der Waals surface area contributed by atoms with Crippen LogP contribution in [0.5, 0.6) is 5.88 Å². The van der Waals surface area contributed by atoms with Gasteiger partial charge in [0.2, 0.25) is 5.88 Å². The predicted octanol–water partition coefficient (Wildman–Crippen LogP) is 1.20. The Labute approximate surface area is 88.8 Å². The van der Waals surface area contributed by atoms with E-state index in [2.05, 4.69) is 4.98 Å². The molecule has 0 aliphatic carbocycles. The van der Waals surface area contributed by atoms with Crippen LogP contribution in [0.3, 0.4) is 0 Å². The van der Waals surface area contributed by atoms with Crippen LogP contribution in [0.25, 0.3) is 0 Å². The Hall–Kier alpha value is -1.49. The standard InChI is InChI=1S/C10H15N3O2/c1-2-14-10-8(11)4-5-9(12-10)13-6-3-7-15-13/h4-5H,2-3,6-7,11H2,1H3. The summed E-state index contributed by atoms with van der Waals surface area (Å²) in [7, 11) is 0. The number of pyridine rings is 1. The summed E-state index contributed by atoms with van der Waals surface area (Å²) in [6, 6.07) is 3.62. The molecular formula is C10H15N3O2. The minimum Gasteiger partial charge on any atom is -0.476 e. The lowest BCUT2D eigenvalue weighted by Crippen LogP contribution is -2.18. The summed E-state index contributed by atoms with van der Waals surface area (Å²) in [6.45, 7) is 4.07. The number of nitrogens with zero attached hydrogens (tertiary/aromatic N) is 2. The van der Waals surface area contributed by atoms with Crippen molar-refractivity contribution in [2.24, 2.45) is 0 Å². The molecule has 0 saturated carbocycles. The molecule has 2 rings (SSSR count). The van der Waals surface area contributed by atoms with Gasteiger partial charge in [-0.05, 0) is 25.5 Å². The number of hydroxylamine groups is 1. The van der Waals surface area contributed by atoms with Crippen LogP contribution in [0, 0.1) is 0 Å². The molecule has 1 saturated heterocycles. The van der Waals surface area contributed by atoms with Crippen LogP contribution in [0.2, 0.25) is 0 Å². The Morgan fingerprint density at radius 1 is 1.60 bits per heavy atom. The van der Waals surface area contributed by atoms with Gasteiger partial charge in [-0.2, -0.15) is 4.98 Å². The van der Waals surface area contributed by atoms with Gasteiger partial charge in [0, 0.05) is 6.54 Å². The van der Waals surface area contributed by atoms with E-state index >= 15 is 0 Å². The Bertz CT molecular complexity index is 337. The van der Waals surface area contributed by atoms with Crippen LogP contribution >= 0.6 is 0 Å². The van der Waals surface area contributed by atoms with Crippen molar-refractivity contribution in [2.75, 3.05) is 30.6 Å². The predicted molar refractivity (Wildman–Crippen MR) is 57.7 cm³/mol. The van der Waals surface area contributed by atoms with Gasteiger partial charge in [0.15, 0.2) is 5.82 Å². The van der Waals surface area contributed by atoms with Crippen LogP contribution in [0.4, 0.5) is 11.5 Å². The highest BCUT2D eigenvalue weighted by Gasteiger charge is 2.16. The first-order chi connectivity index (χ1) is 7.31. The lowest BCUT2D eigenvalue weighted by atomic mass is 10.4. The largest absolute Gasteiger partial charge is 0.476 e. The highest BCUT2D eigenvalue weighted by molar-refractivity contribution is 5.53. The van der Waals surface area contributed by atoms with Gasteiger partial charge in [0.05, 0.1) is 18.9 Å². The minimum atomic E-state index is 0.477. The van der Waals surface area contributed by atoms with Gasteiger partial charge in [-0.1, -0.05) is 0 Å². The Morgan fingerprint density at radius 2 is 2.47 bits per heavy atom. The number of nitrogen functional groups attached to an aromatic ring is 1. The molecule has 15 heavy (non-hydrogen) atoms. The van der Waals surface area contributed by atoms with E-state index in [1.165, 1.54) is 0 Å². The summed E-state index contributed by atoms with van der Waals surface area (Å²) in [5, 5.41) is 1.77. The molecule has 2 N–H and O–H groups in total. The molecule has 1 aliphatic rings. The van der Waals surface area contributed by atoms with Crippen molar-refractivity contribution in [3.63, 3.8) is 0 Å². The molecule has 1 aromatic rings. The van der Waals surface area contributed by atoms with Crippen LogP contribution in [-0.2, 0) is 4.84 Å². The van der Waals surface area contributed by atoms with Gasteiger partial charge in [-0.3, -0.25) is 4.84 Å². The van der Waals surface area contributed by atoms with Gasteiger partial charge in [-0.15, -0.1) is 0 Å². The van der Waals surface area contributed by atoms with Crippen molar-refractivity contribution in [1.82, 2.24) is 4.98 Å². The van der Waals surface area contributed by atoms with Crippen molar-refractivity contribution in [3.8, 4) is 5.88 Å². The highest BCUT2D eigenvalue weighted by atomic mass is 16.7. The molecule has 82 valence electrons. The zero-order chi connectivity index (χ0) is 10.7. The summed E-state index contributed by atoms with van der Waals surface area (Å²) in [5.41, 5.74) is 6.28. The third-order valence-electron chi connectivity index (χ3n) is 2.16. The van der Waals surface area contributed by atoms with Crippen molar-refractivity contribution < 1.29 is 9.57 Å². The summed E-state index contributed by atoms with van der Waals surface area (Å²) >= 11 is 0. The van der Waals surface area contributed by atoms with E-state index in [4.69, 9.17) is 15.3 Å². The number of aromatic nitrogens is 1. The monoisotopic (exact) mass is 209 g/mol. The fourth-order valence-corrected chi connectivity index (χ4v) is 1.46. The van der Waals surface area contributed by atoms with E-state index in [1.54, 1.807) is 11.1 Å². The number of hydrogen-bond acceptors (Lipinski definition) is 5. The van der Waals surface area contributed by atoms with Crippen LogP contribution in [0.15, 0.2) is 12.1 Å². The van der Waals surface area contributed by atoms with E-state index < -0.39 is 0 Å². The van der Waals surface area contributed by atoms with Gasteiger partial charge in [0.25, 0.3) is 0 Å². The molecule has 2 heterocycles. The topological polar surface area (TPSA) is 60.6 Å². The zero-order valence-electron chi connectivity index (χ0n) is 8.77. The lowest BCUT2D eigenvalue weighted by Gasteiger charge is -2.16. The maximum Gasteiger partial charge on any atom is 0.239 e. The minimum absolute atomic E-state index is 0.477. The number of anilines is 2. The van der Waals surface area contributed by atoms with Crippen molar-refractivity contribution in [1.29, 1.82) is 0 Å². The first-order valence-corrected chi connectivity index (χ1v) is 5.11. The molecule has 1 aliphatic heterocycles. The van der Waals surface area contributed by atoms with Gasteiger partial charge in [0.1, 0.15) is 0 Å². The molecular weight excluding hydrogens is 194 g/mol. The number of ether oxygens (including phenoxy) is 1. The Morgan fingerprint density at radius 3 is 3.13 bits per heavy atom. The molecule has 5 heteroatoms. The lowest BCUT2D eigenvalue weighted by molar-refractivity contribution is 0.165. The summed E-state index contributed by atoms with van der Waals surface area (Å²) in [5.74, 6) is 1.23. The molecule has 0 bridgehead atoms. The number of nitrogens with two attached hydrogens (primary N) is 1. The third kappa shape index (κ3) is 2.12. The van der Waals surface area contributed by atoms with Gasteiger partial charge < -0.3 is 10.5 Å². The Kier molecular flexibility index (Phi) is 2.91. The second-order valence-electron chi connectivity index (χ2n) is 3.29. The summed E-state index contributed by atoms with van der Waals surface area (Å²) in [6.07, 6.45) is 1.02. The smallest absolute Gasteiger partial charge is 0.239 e. The fraction of sp³-hybridized carbons (Fsp3) is 0.500. The highest BCUT2D eigenvalue weighted by Crippen LogP contribution is 2.24. The second kappa shape index (κ2) is 4.35. The molecule has 0 unspecified atom stereocenters. The van der Waals surface area contributed by atoms with E-state index in [9.17, 15) is 0 Å². The summed E-state index contributed by atoms with van der Waals surface area (Å²) < 4.78 is 5.32. The quantitative estimate of drug-likeness (QED) is 0.810. The van der Waals surface area contributed by atoms with Gasteiger partial charge >= 0.3 is 0 Å². The first kappa shape index (κ1) is 10.0. The molecule has 0 radical (unpaired) electrons. The SMILES string of the molecule is CCOc1nc(N2CCCO2)ccc1N. The molecule has 0 aromatic carbocycles. The van der Waals surface area contributed by atoms with E-state index in [-0.39, 0.29) is 0 Å².